The van der Waals surface area contributed by atoms with Crippen molar-refractivity contribution in [2.75, 3.05) is 0 Å². The molecule has 0 aliphatic rings. The van der Waals surface area contributed by atoms with E-state index in [1.165, 1.54) is 0 Å². The summed E-state index contributed by atoms with van der Waals surface area (Å²) in [5.74, 6) is 0.739. The van der Waals surface area contributed by atoms with Crippen molar-refractivity contribution in [2.45, 2.75) is 13.1 Å². The van der Waals surface area contributed by atoms with Crippen LogP contribution in [0, 0.1) is 0 Å². The SMILES string of the molecule is C=CCn1nnnc1-c1ccc(CN)cc1. The van der Waals surface area contributed by atoms with Crippen molar-refractivity contribution in [3.63, 3.8) is 0 Å². The molecule has 2 rings (SSSR count). The molecule has 16 heavy (non-hydrogen) atoms. The first kappa shape index (κ1) is 10.5. The van der Waals surface area contributed by atoms with Gasteiger partial charge in [0.2, 0.25) is 0 Å². The lowest BCUT2D eigenvalue weighted by molar-refractivity contribution is 0.665. The number of benzene rings is 1. The van der Waals surface area contributed by atoms with Gasteiger partial charge in [-0.25, -0.2) is 4.68 Å². The summed E-state index contributed by atoms with van der Waals surface area (Å²) in [5, 5.41) is 11.5. The minimum absolute atomic E-state index is 0.540. The molecule has 0 aliphatic heterocycles. The summed E-state index contributed by atoms with van der Waals surface area (Å²) < 4.78 is 1.70. The topological polar surface area (TPSA) is 69.6 Å². The Balaban J connectivity index is 2.34. The normalized spacial score (nSPS) is 10.3. The highest BCUT2D eigenvalue weighted by molar-refractivity contribution is 5.54. The highest BCUT2D eigenvalue weighted by Crippen LogP contribution is 2.16. The second-order valence-electron chi connectivity index (χ2n) is 3.37. The number of nitrogens with two attached hydrogens (primary N) is 1. The van der Waals surface area contributed by atoms with E-state index in [-0.39, 0.29) is 0 Å². The first-order valence-corrected chi connectivity index (χ1v) is 5.01. The van der Waals surface area contributed by atoms with Crippen LogP contribution in [-0.2, 0) is 13.1 Å². The Labute approximate surface area is 93.6 Å². The average Bonchev–Trinajstić information content (AvgIpc) is 2.78. The molecule has 2 N–H and O–H groups in total. The fourth-order valence-electron chi connectivity index (χ4n) is 1.45. The molecule has 5 heteroatoms. The van der Waals surface area contributed by atoms with Crippen LogP contribution in [0.15, 0.2) is 36.9 Å². The maximum Gasteiger partial charge on any atom is 0.182 e. The van der Waals surface area contributed by atoms with E-state index >= 15 is 0 Å². The van der Waals surface area contributed by atoms with E-state index in [0.29, 0.717) is 13.1 Å². The third-order valence-corrected chi connectivity index (χ3v) is 2.28. The van der Waals surface area contributed by atoms with Gasteiger partial charge >= 0.3 is 0 Å². The summed E-state index contributed by atoms with van der Waals surface area (Å²) in [6, 6.07) is 7.88. The van der Waals surface area contributed by atoms with Crippen molar-refractivity contribution in [3.05, 3.63) is 42.5 Å². The number of nitrogens with zero attached hydrogens (tertiary/aromatic N) is 4. The van der Waals surface area contributed by atoms with E-state index in [2.05, 4.69) is 22.1 Å². The van der Waals surface area contributed by atoms with E-state index in [1.54, 1.807) is 10.8 Å². The molecule has 1 aromatic carbocycles. The van der Waals surface area contributed by atoms with Crippen LogP contribution in [0.1, 0.15) is 5.56 Å². The lowest BCUT2D eigenvalue weighted by atomic mass is 10.1. The Kier molecular flexibility index (Phi) is 3.07. The average molecular weight is 215 g/mol. The fourth-order valence-corrected chi connectivity index (χ4v) is 1.45. The van der Waals surface area contributed by atoms with Crippen molar-refractivity contribution in [2.24, 2.45) is 5.73 Å². The molecular formula is C11H13N5. The molecule has 0 atom stereocenters. The molecule has 5 nitrogen and oxygen atoms in total. The van der Waals surface area contributed by atoms with Gasteiger partial charge in [-0.15, -0.1) is 11.7 Å². The van der Waals surface area contributed by atoms with Crippen LogP contribution in [0.5, 0.6) is 0 Å². The quantitative estimate of drug-likeness (QED) is 0.772. The summed E-state index contributed by atoms with van der Waals surface area (Å²) in [7, 11) is 0. The Morgan fingerprint density at radius 3 is 2.69 bits per heavy atom. The van der Waals surface area contributed by atoms with Gasteiger partial charge in [0.1, 0.15) is 0 Å². The second kappa shape index (κ2) is 4.67. The lowest BCUT2D eigenvalue weighted by Gasteiger charge is -2.02. The number of rotatable bonds is 4. The van der Waals surface area contributed by atoms with Crippen LogP contribution in [0.4, 0.5) is 0 Å². The molecule has 2 aromatic rings. The minimum Gasteiger partial charge on any atom is -0.326 e. The van der Waals surface area contributed by atoms with Crippen molar-refractivity contribution >= 4 is 0 Å². The number of hydrogen-bond donors (Lipinski definition) is 1. The van der Waals surface area contributed by atoms with Crippen LogP contribution < -0.4 is 5.73 Å². The molecule has 0 amide bonds. The highest BCUT2D eigenvalue weighted by Gasteiger charge is 2.06. The van der Waals surface area contributed by atoms with Crippen molar-refractivity contribution < 1.29 is 0 Å². The number of allylic oxidation sites excluding steroid dienone is 1. The maximum atomic E-state index is 5.54. The Bertz CT molecular complexity index is 471. The predicted octanol–water partition coefficient (Wildman–Crippen LogP) is 0.985. The number of aromatic nitrogens is 4. The van der Waals surface area contributed by atoms with Gasteiger partial charge in [0.15, 0.2) is 5.82 Å². The second-order valence-corrected chi connectivity index (χ2v) is 3.37. The Morgan fingerprint density at radius 2 is 2.06 bits per heavy atom. The zero-order valence-electron chi connectivity index (χ0n) is 8.87. The molecule has 0 radical (unpaired) electrons. The van der Waals surface area contributed by atoms with Gasteiger partial charge in [0, 0.05) is 12.1 Å². The van der Waals surface area contributed by atoms with Crippen molar-refractivity contribution in [3.8, 4) is 11.4 Å². The van der Waals surface area contributed by atoms with Gasteiger partial charge in [0.25, 0.3) is 0 Å². The third-order valence-electron chi connectivity index (χ3n) is 2.28. The fraction of sp³-hybridized carbons (Fsp3) is 0.182. The highest BCUT2D eigenvalue weighted by atomic mass is 15.5. The van der Waals surface area contributed by atoms with Gasteiger partial charge in [-0.2, -0.15) is 0 Å². The van der Waals surface area contributed by atoms with Crippen LogP contribution in [-0.4, -0.2) is 20.2 Å². The first-order valence-electron chi connectivity index (χ1n) is 5.01. The Morgan fingerprint density at radius 1 is 1.31 bits per heavy atom. The number of tetrazole rings is 1. The van der Waals surface area contributed by atoms with Crippen LogP contribution >= 0.6 is 0 Å². The minimum atomic E-state index is 0.540. The molecule has 0 bridgehead atoms. The maximum absolute atomic E-state index is 5.54. The summed E-state index contributed by atoms with van der Waals surface area (Å²) in [5.41, 5.74) is 7.60. The summed E-state index contributed by atoms with van der Waals surface area (Å²) in [6.07, 6.45) is 1.76. The summed E-state index contributed by atoms with van der Waals surface area (Å²) >= 11 is 0. The third kappa shape index (κ3) is 1.99. The van der Waals surface area contributed by atoms with Gasteiger partial charge in [-0.05, 0) is 16.0 Å². The number of hydrogen-bond acceptors (Lipinski definition) is 4. The zero-order valence-corrected chi connectivity index (χ0v) is 8.87. The van der Waals surface area contributed by atoms with Gasteiger partial charge < -0.3 is 5.73 Å². The smallest absolute Gasteiger partial charge is 0.182 e. The van der Waals surface area contributed by atoms with Gasteiger partial charge in [0.05, 0.1) is 6.54 Å². The predicted molar refractivity (Wildman–Crippen MR) is 61.3 cm³/mol. The summed E-state index contributed by atoms with van der Waals surface area (Å²) in [6.45, 7) is 4.80. The van der Waals surface area contributed by atoms with E-state index in [9.17, 15) is 0 Å². The molecule has 0 unspecified atom stereocenters. The van der Waals surface area contributed by atoms with Crippen molar-refractivity contribution in [1.82, 2.24) is 20.2 Å². The van der Waals surface area contributed by atoms with Crippen LogP contribution in [0.3, 0.4) is 0 Å². The first-order chi connectivity index (χ1) is 7.85. The zero-order chi connectivity index (χ0) is 11.4. The van der Waals surface area contributed by atoms with Crippen LogP contribution in [0.2, 0.25) is 0 Å². The van der Waals surface area contributed by atoms with E-state index in [4.69, 9.17) is 5.73 Å². The van der Waals surface area contributed by atoms with Gasteiger partial charge in [-0.1, -0.05) is 30.3 Å². The molecule has 0 saturated heterocycles. The van der Waals surface area contributed by atoms with Crippen molar-refractivity contribution in [1.29, 1.82) is 0 Å². The van der Waals surface area contributed by atoms with E-state index < -0.39 is 0 Å². The largest absolute Gasteiger partial charge is 0.326 e. The molecule has 0 fully saturated rings. The van der Waals surface area contributed by atoms with Crippen LogP contribution in [0.25, 0.3) is 11.4 Å². The van der Waals surface area contributed by atoms with E-state index in [1.807, 2.05) is 24.3 Å². The summed E-state index contributed by atoms with van der Waals surface area (Å²) in [4.78, 5) is 0. The van der Waals surface area contributed by atoms with Gasteiger partial charge in [-0.3, -0.25) is 0 Å². The standard InChI is InChI=1S/C11H13N5/c1-2-7-16-11(13-14-15-16)10-5-3-9(8-12)4-6-10/h2-6H,1,7-8,12H2. The monoisotopic (exact) mass is 215 g/mol. The molecule has 0 spiro atoms. The molecule has 82 valence electrons. The Hall–Kier alpha value is -2.01. The lowest BCUT2D eigenvalue weighted by Crippen LogP contribution is -2.01. The molecule has 0 saturated carbocycles. The molecule has 0 aliphatic carbocycles. The molecular weight excluding hydrogens is 202 g/mol. The molecule has 1 heterocycles. The van der Waals surface area contributed by atoms with E-state index in [0.717, 1.165) is 17.0 Å². The molecule has 1 aromatic heterocycles.